The number of hydrogen-bond donors (Lipinski definition) is 0. The van der Waals surface area contributed by atoms with Crippen molar-refractivity contribution >= 4 is 0 Å². The van der Waals surface area contributed by atoms with Gasteiger partial charge in [0.05, 0.1) is 12.7 Å². The van der Waals surface area contributed by atoms with Crippen molar-refractivity contribution in [2.45, 2.75) is 206 Å². The van der Waals surface area contributed by atoms with Gasteiger partial charge in [0.2, 0.25) is 0 Å². The van der Waals surface area contributed by atoms with Gasteiger partial charge in [-0.2, -0.15) is 0 Å². The number of rotatable bonds is 33. The summed E-state index contributed by atoms with van der Waals surface area (Å²) in [4.78, 5) is 2.23. The summed E-state index contributed by atoms with van der Waals surface area (Å²) >= 11 is 0. The van der Waals surface area contributed by atoms with E-state index in [2.05, 4.69) is 69.3 Å². The molecule has 0 aromatic carbocycles. The van der Waals surface area contributed by atoms with E-state index in [4.69, 9.17) is 9.47 Å². The Morgan fingerprint density at radius 2 is 0.889 bits per heavy atom. The highest BCUT2D eigenvalue weighted by molar-refractivity contribution is 4.92. The van der Waals surface area contributed by atoms with Gasteiger partial charge in [0, 0.05) is 19.4 Å². The minimum atomic E-state index is -0.323. The maximum absolute atomic E-state index is 6.62. The zero-order valence-corrected chi connectivity index (χ0v) is 31.0. The van der Waals surface area contributed by atoms with Crippen LogP contribution in [0.5, 0.6) is 0 Å². The second kappa shape index (κ2) is 31.7. The summed E-state index contributed by atoms with van der Waals surface area (Å²) in [5.41, 5.74) is 0. The molecule has 1 aliphatic rings. The normalized spacial score (nSPS) is 19.0. The molecular formula is C42H79NO2. The van der Waals surface area contributed by atoms with Crippen LogP contribution < -0.4 is 0 Å². The van der Waals surface area contributed by atoms with E-state index in [0.29, 0.717) is 0 Å². The van der Waals surface area contributed by atoms with E-state index < -0.39 is 0 Å². The van der Waals surface area contributed by atoms with Crippen LogP contribution in [-0.2, 0) is 9.47 Å². The van der Waals surface area contributed by atoms with Crippen LogP contribution in [0, 0.1) is 0 Å². The number of ether oxygens (including phenoxy) is 2. The molecule has 0 radical (unpaired) electrons. The number of likely N-dealkylation sites (N-methyl/N-ethyl adjacent to an activating group) is 1. The summed E-state index contributed by atoms with van der Waals surface area (Å²) in [7, 11) is 4.27. The number of hydrogen-bond acceptors (Lipinski definition) is 3. The molecule has 1 rings (SSSR count). The Bertz CT molecular complexity index is 699. The average molecular weight is 630 g/mol. The lowest BCUT2D eigenvalue weighted by Crippen LogP contribution is -2.33. The number of allylic oxidation sites excluding steroid dienone is 6. The highest BCUT2D eigenvalue weighted by Gasteiger charge is 2.40. The maximum atomic E-state index is 6.62. The van der Waals surface area contributed by atoms with Gasteiger partial charge in [0.25, 0.3) is 0 Å². The molecule has 0 N–H and O–H groups in total. The summed E-state index contributed by atoms with van der Waals surface area (Å²) < 4.78 is 13.1. The molecule has 0 aromatic rings. The molecule has 1 saturated heterocycles. The molecule has 45 heavy (non-hydrogen) atoms. The van der Waals surface area contributed by atoms with Crippen molar-refractivity contribution in [3.05, 3.63) is 36.5 Å². The van der Waals surface area contributed by atoms with Crippen molar-refractivity contribution in [1.82, 2.24) is 4.90 Å². The van der Waals surface area contributed by atoms with Crippen molar-refractivity contribution in [3.63, 3.8) is 0 Å². The van der Waals surface area contributed by atoms with Gasteiger partial charge in [-0.1, -0.05) is 147 Å². The second-order valence-corrected chi connectivity index (χ2v) is 14.2. The van der Waals surface area contributed by atoms with E-state index in [1.54, 1.807) is 0 Å². The first kappa shape index (κ1) is 42.1. The Morgan fingerprint density at radius 3 is 1.36 bits per heavy atom. The second-order valence-electron chi connectivity index (χ2n) is 14.2. The number of unbranched alkanes of at least 4 members (excludes halogenated alkanes) is 21. The zero-order valence-electron chi connectivity index (χ0n) is 31.0. The molecule has 0 spiro atoms. The molecule has 1 aliphatic heterocycles. The Labute approximate surface area is 283 Å². The highest BCUT2D eigenvalue weighted by Crippen LogP contribution is 2.35. The molecule has 1 fully saturated rings. The van der Waals surface area contributed by atoms with E-state index in [0.717, 1.165) is 32.4 Å². The molecule has 3 nitrogen and oxygen atoms in total. The zero-order chi connectivity index (χ0) is 32.5. The van der Waals surface area contributed by atoms with Crippen LogP contribution in [0.15, 0.2) is 36.5 Å². The van der Waals surface area contributed by atoms with Crippen molar-refractivity contribution in [2.24, 2.45) is 0 Å². The summed E-state index contributed by atoms with van der Waals surface area (Å²) in [5.74, 6) is -0.323. The summed E-state index contributed by atoms with van der Waals surface area (Å²) in [6.45, 7) is 6.28. The van der Waals surface area contributed by atoms with Gasteiger partial charge in [-0.15, -0.1) is 0 Å². The van der Waals surface area contributed by atoms with Crippen molar-refractivity contribution in [2.75, 3.05) is 27.2 Å². The van der Waals surface area contributed by atoms with Crippen LogP contribution in [-0.4, -0.2) is 44.0 Å². The topological polar surface area (TPSA) is 21.7 Å². The average Bonchev–Trinajstić information content (AvgIpc) is 3.42. The van der Waals surface area contributed by atoms with Gasteiger partial charge in [0.1, 0.15) is 0 Å². The van der Waals surface area contributed by atoms with E-state index in [9.17, 15) is 0 Å². The summed E-state index contributed by atoms with van der Waals surface area (Å²) in [6, 6.07) is 0. The van der Waals surface area contributed by atoms with Gasteiger partial charge >= 0.3 is 0 Å². The predicted molar refractivity (Wildman–Crippen MR) is 200 cm³/mol. The Morgan fingerprint density at radius 1 is 0.511 bits per heavy atom. The minimum Gasteiger partial charge on any atom is -0.347 e. The molecule has 0 aromatic heterocycles. The highest BCUT2D eigenvalue weighted by atomic mass is 16.7. The minimum absolute atomic E-state index is 0.221. The molecule has 2 atom stereocenters. The fraction of sp³-hybridized carbons (Fsp3) is 0.857. The molecule has 3 heteroatoms. The lowest BCUT2D eigenvalue weighted by Gasteiger charge is -2.29. The smallest absolute Gasteiger partial charge is 0.168 e. The standard InChI is InChI=1S/C42H79NO2/c1-5-7-9-11-13-15-17-19-21-23-25-27-29-31-33-35-37-42(44-40-41(45-42)39-43(3)4)38-36-34-32-30-28-26-24-22-20-18-16-14-12-10-8-6-2/h13,15,19-22,41H,5-12,14,16-18,23-40H2,1-4H3/b15-13-,21-19-,22-20-/t41-,42+/m1/s1. The largest absolute Gasteiger partial charge is 0.347 e. The Hall–Kier alpha value is -0.900. The molecule has 264 valence electrons. The fourth-order valence-corrected chi connectivity index (χ4v) is 6.53. The molecule has 0 unspecified atom stereocenters. The molecule has 1 heterocycles. The van der Waals surface area contributed by atoms with Crippen molar-refractivity contribution in [3.8, 4) is 0 Å². The van der Waals surface area contributed by atoms with Crippen LogP contribution >= 0.6 is 0 Å². The first-order valence-corrected chi connectivity index (χ1v) is 20.0. The van der Waals surface area contributed by atoms with Crippen molar-refractivity contribution < 1.29 is 9.47 Å². The van der Waals surface area contributed by atoms with Crippen LogP contribution in [0.3, 0.4) is 0 Å². The monoisotopic (exact) mass is 630 g/mol. The third-order valence-electron chi connectivity index (χ3n) is 9.31. The van der Waals surface area contributed by atoms with Crippen LogP contribution in [0.4, 0.5) is 0 Å². The van der Waals surface area contributed by atoms with E-state index >= 15 is 0 Å². The van der Waals surface area contributed by atoms with E-state index in [1.165, 1.54) is 161 Å². The summed E-state index contributed by atoms with van der Waals surface area (Å²) in [5, 5.41) is 0. The molecule has 0 aliphatic carbocycles. The lowest BCUT2D eigenvalue weighted by molar-refractivity contribution is -0.180. The molecular weight excluding hydrogens is 550 g/mol. The first-order valence-electron chi connectivity index (χ1n) is 20.0. The third kappa shape index (κ3) is 26.8. The SMILES string of the molecule is CCCCC/C=C\C/C=C\CCCCCCCC[C@]1(CCCCCCCC/C=C\CCCCCCCC)OC[C@@H](CN(C)C)O1. The van der Waals surface area contributed by atoms with Gasteiger partial charge in [-0.3, -0.25) is 0 Å². The van der Waals surface area contributed by atoms with Crippen LogP contribution in [0.1, 0.15) is 194 Å². The quantitative estimate of drug-likeness (QED) is 0.0532. The Balaban J connectivity index is 2.11. The van der Waals surface area contributed by atoms with E-state index in [-0.39, 0.29) is 11.9 Å². The van der Waals surface area contributed by atoms with Crippen LogP contribution in [0.25, 0.3) is 0 Å². The molecule has 0 saturated carbocycles. The lowest BCUT2D eigenvalue weighted by atomic mass is 9.98. The summed E-state index contributed by atoms with van der Waals surface area (Å²) in [6.07, 6.45) is 51.1. The Kier molecular flexibility index (Phi) is 29.7. The van der Waals surface area contributed by atoms with E-state index in [1.807, 2.05) is 0 Å². The third-order valence-corrected chi connectivity index (χ3v) is 9.31. The molecule has 0 amide bonds. The van der Waals surface area contributed by atoms with Crippen LogP contribution in [0.2, 0.25) is 0 Å². The number of nitrogens with zero attached hydrogens (tertiary/aromatic N) is 1. The maximum Gasteiger partial charge on any atom is 0.168 e. The predicted octanol–water partition coefficient (Wildman–Crippen LogP) is 13.3. The van der Waals surface area contributed by atoms with Crippen molar-refractivity contribution in [1.29, 1.82) is 0 Å². The van der Waals surface area contributed by atoms with Gasteiger partial charge < -0.3 is 14.4 Å². The molecule has 0 bridgehead atoms. The first-order chi connectivity index (χ1) is 22.1. The fourth-order valence-electron chi connectivity index (χ4n) is 6.53. The van der Waals surface area contributed by atoms with Gasteiger partial charge in [-0.05, 0) is 84.7 Å². The van der Waals surface area contributed by atoms with Gasteiger partial charge in [-0.25, -0.2) is 0 Å². The van der Waals surface area contributed by atoms with Gasteiger partial charge in [0.15, 0.2) is 5.79 Å².